The predicted octanol–water partition coefficient (Wildman–Crippen LogP) is 3.01. The highest BCUT2D eigenvalue weighted by atomic mass is 35.5. The second kappa shape index (κ2) is 6.28. The van der Waals surface area contributed by atoms with Gasteiger partial charge in [0.1, 0.15) is 5.56 Å². The van der Waals surface area contributed by atoms with Gasteiger partial charge < -0.3 is 14.5 Å². The Kier molecular flexibility index (Phi) is 4.38. The smallest absolute Gasteiger partial charge is 0.349 e. The van der Waals surface area contributed by atoms with E-state index in [1.54, 1.807) is 6.07 Å². The first-order chi connectivity index (χ1) is 10.5. The fourth-order valence-electron chi connectivity index (χ4n) is 2.42. The summed E-state index contributed by atoms with van der Waals surface area (Å²) in [6.45, 7) is 1.07. The van der Waals surface area contributed by atoms with Crippen molar-refractivity contribution in [1.82, 2.24) is 5.32 Å². The number of nitrogens with one attached hydrogen (secondary N) is 1. The minimum absolute atomic E-state index is 0.000311. The summed E-state index contributed by atoms with van der Waals surface area (Å²) < 4.78 is 10.6. The molecule has 1 aromatic heterocycles. The van der Waals surface area contributed by atoms with Crippen molar-refractivity contribution in [1.29, 1.82) is 0 Å². The van der Waals surface area contributed by atoms with Gasteiger partial charge in [-0.05, 0) is 31.0 Å². The molecular formula is C15H13Cl2NO4. The summed E-state index contributed by atoms with van der Waals surface area (Å²) in [4.78, 5) is 24.1. The van der Waals surface area contributed by atoms with Crippen molar-refractivity contribution in [3.05, 3.63) is 44.2 Å². The van der Waals surface area contributed by atoms with Crippen molar-refractivity contribution in [3.8, 4) is 0 Å². The van der Waals surface area contributed by atoms with Gasteiger partial charge in [0, 0.05) is 23.6 Å². The molecule has 1 N–H and O–H groups in total. The summed E-state index contributed by atoms with van der Waals surface area (Å²) >= 11 is 11.9. The summed E-state index contributed by atoms with van der Waals surface area (Å²) in [5, 5.41) is 3.81. The van der Waals surface area contributed by atoms with E-state index in [0.29, 0.717) is 23.6 Å². The Bertz CT molecular complexity index is 781. The SMILES string of the molecule is O=C(NCC1CCCO1)c1cc2cc(Cl)cc(Cl)c2oc1=O. The molecule has 1 aliphatic rings. The molecule has 2 aromatic rings. The number of carbonyl (C=O) groups excluding carboxylic acids is 1. The maximum absolute atomic E-state index is 12.1. The van der Waals surface area contributed by atoms with Crippen molar-refractivity contribution < 1.29 is 13.9 Å². The molecule has 1 atom stereocenters. The summed E-state index contributed by atoms with van der Waals surface area (Å²) in [5.74, 6) is -0.498. The van der Waals surface area contributed by atoms with Crippen LogP contribution in [0.3, 0.4) is 0 Å². The topological polar surface area (TPSA) is 68.5 Å². The van der Waals surface area contributed by atoms with Gasteiger partial charge in [-0.2, -0.15) is 0 Å². The Morgan fingerprint density at radius 1 is 1.32 bits per heavy atom. The van der Waals surface area contributed by atoms with E-state index >= 15 is 0 Å². The first-order valence-corrected chi connectivity index (χ1v) is 7.63. The Balaban J connectivity index is 1.87. The molecule has 3 rings (SSSR count). The molecule has 116 valence electrons. The second-order valence-corrected chi connectivity index (χ2v) is 5.94. The number of ether oxygens (including phenoxy) is 1. The first-order valence-electron chi connectivity index (χ1n) is 6.87. The van der Waals surface area contributed by atoms with Crippen LogP contribution in [0.25, 0.3) is 11.0 Å². The van der Waals surface area contributed by atoms with Gasteiger partial charge in [-0.3, -0.25) is 4.79 Å². The zero-order chi connectivity index (χ0) is 15.7. The molecule has 0 radical (unpaired) electrons. The largest absolute Gasteiger partial charge is 0.421 e. The molecule has 1 unspecified atom stereocenters. The van der Waals surface area contributed by atoms with Crippen LogP contribution >= 0.6 is 23.2 Å². The molecular weight excluding hydrogens is 329 g/mol. The molecule has 1 aliphatic heterocycles. The Hall–Kier alpha value is -1.56. The maximum Gasteiger partial charge on any atom is 0.349 e. The molecule has 1 amide bonds. The van der Waals surface area contributed by atoms with E-state index in [0.717, 1.165) is 12.8 Å². The van der Waals surface area contributed by atoms with Crippen molar-refractivity contribution >= 4 is 40.1 Å². The fourth-order valence-corrected chi connectivity index (χ4v) is 2.97. The number of hydrogen-bond acceptors (Lipinski definition) is 4. The van der Waals surface area contributed by atoms with Gasteiger partial charge in [-0.25, -0.2) is 4.79 Å². The third-order valence-corrected chi connectivity index (χ3v) is 4.01. The molecule has 1 fully saturated rings. The van der Waals surface area contributed by atoms with Gasteiger partial charge in [-0.15, -0.1) is 0 Å². The highest BCUT2D eigenvalue weighted by Crippen LogP contribution is 2.27. The molecule has 1 aromatic carbocycles. The van der Waals surface area contributed by atoms with Crippen molar-refractivity contribution in [2.24, 2.45) is 0 Å². The van der Waals surface area contributed by atoms with Crippen LogP contribution in [-0.2, 0) is 4.74 Å². The lowest BCUT2D eigenvalue weighted by molar-refractivity contribution is 0.0855. The Morgan fingerprint density at radius 2 is 2.14 bits per heavy atom. The second-order valence-electron chi connectivity index (χ2n) is 5.10. The van der Waals surface area contributed by atoms with E-state index in [9.17, 15) is 9.59 Å². The van der Waals surface area contributed by atoms with Gasteiger partial charge in [0.05, 0.1) is 11.1 Å². The fraction of sp³-hybridized carbons (Fsp3) is 0.333. The van der Waals surface area contributed by atoms with Crippen molar-refractivity contribution in [2.75, 3.05) is 13.2 Å². The number of fused-ring (bicyclic) bond motifs is 1. The quantitative estimate of drug-likeness (QED) is 0.871. The van der Waals surface area contributed by atoms with Crippen LogP contribution in [0.5, 0.6) is 0 Å². The normalized spacial score (nSPS) is 17.8. The molecule has 0 aliphatic carbocycles. The molecule has 0 saturated carbocycles. The summed E-state index contributed by atoms with van der Waals surface area (Å²) in [6, 6.07) is 4.50. The number of hydrogen-bond donors (Lipinski definition) is 1. The van der Waals surface area contributed by atoms with Crippen LogP contribution in [0, 0.1) is 0 Å². The molecule has 2 heterocycles. The van der Waals surface area contributed by atoms with Gasteiger partial charge >= 0.3 is 5.63 Å². The van der Waals surface area contributed by atoms with E-state index in [1.165, 1.54) is 12.1 Å². The molecule has 5 nitrogen and oxygen atoms in total. The standard InChI is InChI=1S/C15H13Cl2NO4/c16-9-4-8-5-11(15(20)22-13(8)12(17)6-9)14(19)18-7-10-2-1-3-21-10/h4-6,10H,1-3,7H2,(H,18,19). The van der Waals surface area contributed by atoms with Crippen molar-refractivity contribution in [2.45, 2.75) is 18.9 Å². The lowest BCUT2D eigenvalue weighted by Crippen LogP contribution is -2.34. The number of carbonyl (C=O) groups is 1. The van der Waals surface area contributed by atoms with E-state index in [-0.39, 0.29) is 22.3 Å². The van der Waals surface area contributed by atoms with Crippen molar-refractivity contribution in [3.63, 3.8) is 0 Å². The third kappa shape index (κ3) is 3.11. The number of amides is 1. The summed E-state index contributed by atoms with van der Waals surface area (Å²) in [5.41, 5.74) is -0.600. The van der Waals surface area contributed by atoms with E-state index in [4.69, 9.17) is 32.4 Å². The van der Waals surface area contributed by atoms with E-state index in [1.807, 2.05) is 0 Å². The highest BCUT2D eigenvalue weighted by Gasteiger charge is 2.19. The Morgan fingerprint density at radius 3 is 2.86 bits per heavy atom. The first kappa shape index (κ1) is 15.3. The zero-order valence-corrected chi connectivity index (χ0v) is 13.0. The van der Waals surface area contributed by atoms with Gasteiger partial charge in [0.2, 0.25) is 0 Å². The van der Waals surface area contributed by atoms with Crippen LogP contribution in [0.1, 0.15) is 23.2 Å². The Labute approximate surface area is 136 Å². The average molecular weight is 342 g/mol. The minimum atomic E-state index is -0.735. The van der Waals surface area contributed by atoms with Crippen LogP contribution in [0.4, 0.5) is 0 Å². The van der Waals surface area contributed by atoms with Gasteiger partial charge in [-0.1, -0.05) is 23.2 Å². The molecule has 0 spiro atoms. The maximum atomic E-state index is 12.1. The lowest BCUT2D eigenvalue weighted by Gasteiger charge is -2.10. The molecule has 22 heavy (non-hydrogen) atoms. The lowest BCUT2D eigenvalue weighted by atomic mass is 10.1. The molecule has 7 heteroatoms. The van der Waals surface area contributed by atoms with Crippen LogP contribution < -0.4 is 10.9 Å². The summed E-state index contributed by atoms with van der Waals surface area (Å²) in [6.07, 6.45) is 1.88. The number of rotatable bonds is 3. The van der Waals surface area contributed by atoms with Crippen LogP contribution in [0.2, 0.25) is 10.0 Å². The van der Waals surface area contributed by atoms with Crippen LogP contribution in [-0.4, -0.2) is 25.2 Å². The van der Waals surface area contributed by atoms with Crippen LogP contribution in [0.15, 0.2) is 27.4 Å². The van der Waals surface area contributed by atoms with E-state index < -0.39 is 11.5 Å². The van der Waals surface area contributed by atoms with Gasteiger partial charge in [0.15, 0.2) is 5.58 Å². The average Bonchev–Trinajstić information content (AvgIpc) is 2.98. The highest BCUT2D eigenvalue weighted by molar-refractivity contribution is 6.38. The predicted molar refractivity (Wildman–Crippen MR) is 83.8 cm³/mol. The number of benzene rings is 1. The number of halogens is 2. The minimum Gasteiger partial charge on any atom is -0.421 e. The zero-order valence-electron chi connectivity index (χ0n) is 11.5. The third-order valence-electron chi connectivity index (χ3n) is 3.51. The molecule has 1 saturated heterocycles. The molecule has 0 bridgehead atoms. The van der Waals surface area contributed by atoms with E-state index in [2.05, 4.69) is 5.32 Å². The van der Waals surface area contributed by atoms with Gasteiger partial charge in [0.25, 0.3) is 5.91 Å². The summed E-state index contributed by atoms with van der Waals surface area (Å²) in [7, 11) is 0. The monoisotopic (exact) mass is 341 g/mol.